The predicted molar refractivity (Wildman–Crippen MR) is 85.7 cm³/mol. The average Bonchev–Trinajstić information content (AvgIpc) is 2.85. The fourth-order valence-corrected chi connectivity index (χ4v) is 3.59. The molecule has 1 aliphatic carbocycles. The maximum Gasteiger partial charge on any atom is 0.242 e. The van der Waals surface area contributed by atoms with Gasteiger partial charge in [-0.05, 0) is 51.6 Å². The summed E-state index contributed by atoms with van der Waals surface area (Å²) in [4.78, 5) is 17.0. The van der Waals surface area contributed by atoms with Gasteiger partial charge < -0.3 is 10.6 Å². The van der Waals surface area contributed by atoms with Gasteiger partial charge in [0.05, 0.1) is 5.54 Å². The van der Waals surface area contributed by atoms with Gasteiger partial charge in [0.2, 0.25) is 5.91 Å². The summed E-state index contributed by atoms with van der Waals surface area (Å²) in [5, 5.41) is 0. The molecule has 1 saturated carbocycles. The topological polar surface area (TPSA) is 49.6 Å². The number of likely N-dealkylation sites (tertiary alicyclic amines) is 2. The minimum absolute atomic E-state index is 0. The quantitative estimate of drug-likeness (QED) is 0.843. The summed E-state index contributed by atoms with van der Waals surface area (Å²) in [6.07, 6.45) is 8.05. The summed E-state index contributed by atoms with van der Waals surface area (Å²) in [6, 6.07) is 0.595. The van der Waals surface area contributed by atoms with E-state index >= 15 is 0 Å². The lowest BCUT2D eigenvalue weighted by molar-refractivity contribution is -0.139. The molecule has 3 aliphatic rings. The van der Waals surface area contributed by atoms with Gasteiger partial charge >= 0.3 is 0 Å². The summed E-state index contributed by atoms with van der Waals surface area (Å²) < 4.78 is 0. The Kier molecular flexibility index (Phi) is 6.58. The summed E-state index contributed by atoms with van der Waals surface area (Å²) in [5.41, 5.74) is 5.64. The fraction of sp³-hybridized carbons (Fsp3) is 0.929. The molecule has 0 aromatic heterocycles. The highest BCUT2D eigenvalue weighted by Crippen LogP contribution is 2.32. The van der Waals surface area contributed by atoms with Crippen molar-refractivity contribution in [2.45, 2.75) is 56.5 Å². The smallest absolute Gasteiger partial charge is 0.242 e. The van der Waals surface area contributed by atoms with E-state index in [1.165, 1.54) is 32.4 Å². The molecule has 0 radical (unpaired) electrons. The highest BCUT2D eigenvalue weighted by molar-refractivity contribution is 5.87. The molecule has 4 nitrogen and oxygen atoms in total. The van der Waals surface area contributed by atoms with Crippen LogP contribution in [0.5, 0.6) is 0 Å². The van der Waals surface area contributed by atoms with Crippen molar-refractivity contribution in [2.75, 3.05) is 26.2 Å². The Hall–Kier alpha value is -0.0300. The number of rotatable bonds is 2. The van der Waals surface area contributed by atoms with Crippen LogP contribution >= 0.6 is 24.8 Å². The van der Waals surface area contributed by atoms with Crippen molar-refractivity contribution in [3.8, 4) is 0 Å². The van der Waals surface area contributed by atoms with Crippen LogP contribution < -0.4 is 5.73 Å². The molecule has 1 amide bonds. The second-order valence-electron chi connectivity index (χ2n) is 6.30. The summed E-state index contributed by atoms with van der Waals surface area (Å²) in [7, 11) is 0. The van der Waals surface area contributed by atoms with Crippen LogP contribution in [0.15, 0.2) is 0 Å². The molecule has 1 atom stereocenters. The molecule has 1 unspecified atom stereocenters. The molecular formula is C14H27Cl2N3O. The molecule has 0 bridgehead atoms. The van der Waals surface area contributed by atoms with E-state index in [4.69, 9.17) is 5.73 Å². The number of hydrogen-bond acceptors (Lipinski definition) is 3. The van der Waals surface area contributed by atoms with Crippen molar-refractivity contribution < 1.29 is 4.79 Å². The second-order valence-corrected chi connectivity index (χ2v) is 6.30. The molecule has 2 saturated heterocycles. The molecule has 0 aromatic carbocycles. The number of hydrogen-bond donors (Lipinski definition) is 1. The molecule has 2 N–H and O–H groups in total. The van der Waals surface area contributed by atoms with Gasteiger partial charge in [0.15, 0.2) is 0 Å². The van der Waals surface area contributed by atoms with E-state index < -0.39 is 5.54 Å². The molecular weight excluding hydrogens is 297 g/mol. The maximum absolute atomic E-state index is 12.4. The first-order valence-corrected chi connectivity index (χ1v) is 7.51. The lowest BCUT2D eigenvalue weighted by Gasteiger charge is -2.39. The third-order valence-electron chi connectivity index (χ3n) is 5.03. The van der Waals surface area contributed by atoms with Crippen LogP contribution in [0, 0.1) is 0 Å². The van der Waals surface area contributed by atoms with E-state index in [1.54, 1.807) is 0 Å². The Bertz CT molecular complexity index is 330. The summed E-state index contributed by atoms with van der Waals surface area (Å²) >= 11 is 0. The monoisotopic (exact) mass is 323 g/mol. The van der Waals surface area contributed by atoms with Gasteiger partial charge in [-0.1, -0.05) is 6.42 Å². The van der Waals surface area contributed by atoms with Crippen molar-refractivity contribution >= 4 is 30.7 Å². The second kappa shape index (κ2) is 7.30. The first kappa shape index (κ1) is 18.0. The molecule has 20 heavy (non-hydrogen) atoms. The third kappa shape index (κ3) is 3.41. The van der Waals surface area contributed by atoms with Crippen LogP contribution in [-0.4, -0.2) is 53.5 Å². The summed E-state index contributed by atoms with van der Waals surface area (Å²) in [6.45, 7) is 4.28. The van der Waals surface area contributed by atoms with Crippen LogP contribution in [0.2, 0.25) is 0 Å². The number of carbonyl (C=O) groups is 1. The van der Waals surface area contributed by atoms with E-state index in [2.05, 4.69) is 4.90 Å². The van der Waals surface area contributed by atoms with Crippen molar-refractivity contribution in [3.63, 3.8) is 0 Å². The normalized spacial score (nSPS) is 29.1. The Morgan fingerprint density at radius 1 is 1.00 bits per heavy atom. The molecule has 6 heteroatoms. The molecule has 118 valence electrons. The lowest BCUT2D eigenvalue weighted by Crippen LogP contribution is -2.59. The van der Waals surface area contributed by atoms with Gasteiger partial charge in [-0.25, -0.2) is 0 Å². The SMILES string of the molecule is Cl.Cl.NC1(C(=O)N2CCC(N3CCCCC3)C2)CCC1. The number of carbonyl (C=O) groups excluding carboxylic acids is 1. The number of amides is 1. The van der Waals surface area contributed by atoms with Gasteiger partial charge in [0.25, 0.3) is 0 Å². The van der Waals surface area contributed by atoms with Crippen LogP contribution in [-0.2, 0) is 4.79 Å². The zero-order valence-electron chi connectivity index (χ0n) is 12.1. The minimum atomic E-state index is -0.503. The highest BCUT2D eigenvalue weighted by atomic mass is 35.5. The van der Waals surface area contributed by atoms with Crippen LogP contribution in [0.4, 0.5) is 0 Å². The Morgan fingerprint density at radius 3 is 2.20 bits per heavy atom. The van der Waals surface area contributed by atoms with Crippen LogP contribution in [0.25, 0.3) is 0 Å². The third-order valence-corrected chi connectivity index (χ3v) is 5.03. The lowest BCUT2D eigenvalue weighted by atomic mass is 9.76. The van der Waals surface area contributed by atoms with Crippen LogP contribution in [0.3, 0.4) is 0 Å². The summed E-state index contributed by atoms with van der Waals surface area (Å²) in [5.74, 6) is 0.216. The van der Waals surface area contributed by atoms with E-state index in [-0.39, 0.29) is 30.7 Å². The predicted octanol–water partition coefficient (Wildman–Crippen LogP) is 1.80. The largest absolute Gasteiger partial charge is 0.339 e. The van der Waals surface area contributed by atoms with Gasteiger partial charge in [0, 0.05) is 19.1 Å². The minimum Gasteiger partial charge on any atom is -0.339 e. The Labute approximate surface area is 134 Å². The molecule has 2 heterocycles. The van der Waals surface area contributed by atoms with E-state index in [9.17, 15) is 4.79 Å². The number of nitrogens with zero attached hydrogens (tertiary/aromatic N) is 2. The molecule has 3 rings (SSSR count). The maximum atomic E-state index is 12.4. The number of halogens is 2. The zero-order valence-corrected chi connectivity index (χ0v) is 13.7. The van der Waals surface area contributed by atoms with Crippen molar-refractivity contribution in [1.82, 2.24) is 9.80 Å². The van der Waals surface area contributed by atoms with Gasteiger partial charge in [-0.3, -0.25) is 9.69 Å². The first-order chi connectivity index (χ1) is 8.69. The zero-order chi connectivity index (χ0) is 12.6. The van der Waals surface area contributed by atoms with Crippen molar-refractivity contribution in [1.29, 1.82) is 0 Å². The van der Waals surface area contributed by atoms with E-state index in [0.717, 1.165) is 38.8 Å². The Morgan fingerprint density at radius 2 is 1.65 bits per heavy atom. The number of piperidine rings is 1. The molecule has 2 aliphatic heterocycles. The van der Waals surface area contributed by atoms with E-state index in [1.807, 2.05) is 4.90 Å². The molecule has 3 fully saturated rings. The first-order valence-electron chi connectivity index (χ1n) is 7.51. The van der Waals surface area contributed by atoms with Gasteiger partial charge in [-0.2, -0.15) is 0 Å². The van der Waals surface area contributed by atoms with Gasteiger partial charge in [-0.15, -0.1) is 24.8 Å². The molecule has 0 spiro atoms. The van der Waals surface area contributed by atoms with Crippen molar-refractivity contribution in [3.05, 3.63) is 0 Å². The molecule has 0 aromatic rings. The number of nitrogens with two attached hydrogens (primary N) is 1. The van der Waals surface area contributed by atoms with Crippen LogP contribution in [0.1, 0.15) is 44.9 Å². The van der Waals surface area contributed by atoms with Gasteiger partial charge in [0.1, 0.15) is 0 Å². The van der Waals surface area contributed by atoms with Crippen molar-refractivity contribution in [2.24, 2.45) is 5.73 Å². The standard InChI is InChI=1S/C14H25N3O.2ClH/c15-14(6-4-7-14)13(18)17-10-5-12(11-17)16-8-2-1-3-9-16;;/h12H,1-11,15H2;2*1H. The highest BCUT2D eigenvalue weighted by Gasteiger charge is 2.44. The average molecular weight is 324 g/mol. The van der Waals surface area contributed by atoms with E-state index in [0.29, 0.717) is 6.04 Å². The fourth-order valence-electron chi connectivity index (χ4n) is 3.59. The Balaban J connectivity index is 0.000001000.